The molecule has 0 radical (unpaired) electrons. The van der Waals surface area contributed by atoms with E-state index in [2.05, 4.69) is 22.2 Å². The minimum absolute atomic E-state index is 0.144. The maximum absolute atomic E-state index is 11.2. The van der Waals surface area contributed by atoms with Crippen LogP contribution in [-0.2, 0) is 6.54 Å². The normalized spacial score (nSPS) is 20.2. The van der Waals surface area contributed by atoms with Gasteiger partial charge in [0, 0.05) is 32.2 Å². The molecule has 2 rings (SSSR count). The summed E-state index contributed by atoms with van der Waals surface area (Å²) in [4.78, 5) is 12.9. The van der Waals surface area contributed by atoms with Gasteiger partial charge in [-0.2, -0.15) is 5.10 Å². The van der Waals surface area contributed by atoms with Crippen molar-refractivity contribution in [1.82, 2.24) is 15.1 Å². The molecule has 7 heteroatoms. The summed E-state index contributed by atoms with van der Waals surface area (Å²) in [5.41, 5.74) is 0.633. The Labute approximate surface area is 106 Å². The van der Waals surface area contributed by atoms with E-state index in [0.29, 0.717) is 24.1 Å². The molecule has 2 heterocycles. The number of rotatable bonds is 3. The van der Waals surface area contributed by atoms with Crippen LogP contribution in [0.25, 0.3) is 0 Å². The predicted octanol–water partition coefficient (Wildman–Crippen LogP) is 0.918. The van der Waals surface area contributed by atoms with Crippen molar-refractivity contribution in [2.45, 2.75) is 33.4 Å². The summed E-state index contributed by atoms with van der Waals surface area (Å²) in [6, 6.07) is 0.332. The molecule has 0 bridgehead atoms. The summed E-state index contributed by atoms with van der Waals surface area (Å²) >= 11 is 0. The van der Waals surface area contributed by atoms with Crippen LogP contribution in [0.5, 0.6) is 0 Å². The number of hydrogen-bond donors (Lipinski definition) is 1. The first-order valence-electron chi connectivity index (χ1n) is 6.24. The highest BCUT2D eigenvalue weighted by Gasteiger charge is 2.30. The zero-order chi connectivity index (χ0) is 13.3. The summed E-state index contributed by atoms with van der Waals surface area (Å²) in [5, 5.41) is 18.8. The van der Waals surface area contributed by atoms with Gasteiger partial charge in [0.25, 0.3) is 0 Å². The lowest BCUT2D eigenvalue weighted by Crippen LogP contribution is -2.50. The number of aryl methyl sites for hydroxylation is 2. The fourth-order valence-corrected chi connectivity index (χ4v) is 2.43. The third-order valence-corrected chi connectivity index (χ3v) is 3.22. The Kier molecular flexibility index (Phi) is 3.51. The highest BCUT2D eigenvalue weighted by molar-refractivity contribution is 5.61. The summed E-state index contributed by atoms with van der Waals surface area (Å²) in [6.45, 7) is 8.75. The standard InChI is InChI=1S/C11H19N5O2/c1-4-15-11(10(16(17)18)9(3)13-15)14-6-5-12-8(2)7-14/h8,12H,4-7H2,1-3H3/t8-/m0/s1. The van der Waals surface area contributed by atoms with Gasteiger partial charge < -0.3 is 10.2 Å². The minimum Gasteiger partial charge on any atom is -0.348 e. The Morgan fingerprint density at radius 1 is 1.61 bits per heavy atom. The molecule has 1 aromatic heterocycles. The molecule has 1 atom stereocenters. The molecular formula is C11H19N5O2. The smallest absolute Gasteiger partial charge is 0.333 e. The van der Waals surface area contributed by atoms with Crippen molar-refractivity contribution in [1.29, 1.82) is 0 Å². The van der Waals surface area contributed by atoms with Crippen LogP contribution < -0.4 is 10.2 Å². The minimum atomic E-state index is -0.323. The van der Waals surface area contributed by atoms with Gasteiger partial charge in [-0.25, -0.2) is 4.68 Å². The Bertz CT molecular complexity index is 457. The Morgan fingerprint density at radius 3 is 2.89 bits per heavy atom. The Balaban J connectivity index is 2.43. The first-order chi connectivity index (χ1) is 8.54. The molecule has 0 amide bonds. The van der Waals surface area contributed by atoms with E-state index < -0.39 is 0 Å². The molecule has 1 aromatic rings. The second kappa shape index (κ2) is 4.93. The largest absolute Gasteiger partial charge is 0.348 e. The van der Waals surface area contributed by atoms with E-state index in [0.717, 1.165) is 19.6 Å². The Hall–Kier alpha value is -1.63. The van der Waals surface area contributed by atoms with E-state index in [-0.39, 0.29) is 10.6 Å². The zero-order valence-electron chi connectivity index (χ0n) is 11.0. The van der Waals surface area contributed by atoms with Gasteiger partial charge in [0.2, 0.25) is 5.82 Å². The monoisotopic (exact) mass is 253 g/mol. The lowest BCUT2D eigenvalue weighted by atomic mass is 10.2. The summed E-state index contributed by atoms with van der Waals surface area (Å²) in [7, 11) is 0. The quantitative estimate of drug-likeness (QED) is 0.640. The van der Waals surface area contributed by atoms with Gasteiger partial charge in [0.1, 0.15) is 5.69 Å². The lowest BCUT2D eigenvalue weighted by molar-refractivity contribution is -0.384. The third-order valence-electron chi connectivity index (χ3n) is 3.22. The topological polar surface area (TPSA) is 76.2 Å². The predicted molar refractivity (Wildman–Crippen MR) is 69.0 cm³/mol. The van der Waals surface area contributed by atoms with Gasteiger partial charge in [-0.15, -0.1) is 0 Å². The van der Waals surface area contributed by atoms with Crippen molar-refractivity contribution in [3.8, 4) is 0 Å². The highest BCUT2D eigenvalue weighted by atomic mass is 16.6. The molecule has 100 valence electrons. The molecule has 1 fully saturated rings. The Morgan fingerprint density at radius 2 is 2.33 bits per heavy atom. The second-order valence-corrected chi connectivity index (χ2v) is 4.63. The van der Waals surface area contributed by atoms with Crippen LogP contribution in [0, 0.1) is 17.0 Å². The van der Waals surface area contributed by atoms with E-state index >= 15 is 0 Å². The first kappa shape index (κ1) is 12.8. The number of nitrogens with one attached hydrogen (secondary N) is 1. The van der Waals surface area contributed by atoms with Crippen LogP contribution in [0.1, 0.15) is 19.5 Å². The maximum atomic E-state index is 11.2. The van der Waals surface area contributed by atoms with Crippen molar-refractivity contribution in [2.75, 3.05) is 24.5 Å². The van der Waals surface area contributed by atoms with Crippen molar-refractivity contribution < 1.29 is 4.92 Å². The van der Waals surface area contributed by atoms with Gasteiger partial charge in [0.15, 0.2) is 0 Å². The molecule has 0 saturated carbocycles. The average molecular weight is 253 g/mol. The number of aromatic nitrogens is 2. The maximum Gasteiger partial charge on any atom is 0.333 e. The van der Waals surface area contributed by atoms with E-state index in [1.807, 2.05) is 6.92 Å². The number of piperazine rings is 1. The molecular weight excluding hydrogens is 234 g/mol. The van der Waals surface area contributed by atoms with Crippen molar-refractivity contribution in [2.24, 2.45) is 0 Å². The van der Waals surface area contributed by atoms with Crippen LogP contribution in [0.4, 0.5) is 11.5 Å². The number of nitrogens with zero attached hydrogens (tertiary/aromatic N) is 4. The fourth-order valence-electron chi connectivity index (χ4n) is 2.43. The van der Waals surface area contributed by atoms with Gasteiger partial charge in [-0.1, -0.05) is 0 Å². The zero-order valence-corrected chi connectivity index (χ0v) is 11.0. The van der Waals surface area contributed by atoms with Gasteiger partial charge in [-0.05, 0) is 20.8 Å². The number of hydrogen-bond acceptors (Lipinski definition) is 5. The first-order valence-corrected chi connectivity index (χ1v) is 6.24. The summed E-state index contributed by atoms with van der Waals surface area (Å²) in [5.74, 6) is 0.647. The van der Waals surface area contributed by atoms with Crippen LogP contribution in [0.2, 0.25) is 0 Å². The highest BCUT2D eigenvalue weighted by Crippen LogP contribution is 2.32. The van der Waals surface area contributed by atoms with Crippen molar-refractivity contribution in [3.63, 3.8) is 0 Å². The van der Waals surface area contributed by atoms with Crippen molar-refractivity contribution in [3.05, 3.63) is 15.8 Å². The lowest BCUT2D eigenvalue weighted by Gasteiger charge is -2.32. The van der Waals surface area contributed by atoms with Crippen LogP contribution in [0.15, 0.2) is 0 Å². The van der Waals surface area contributed by atoms with E-state index in [1.165, 1.54) is 0 Å². The molecule has 1 aliphatic heterocycles. The second-order valence-electron chi connectivity index (χ2n) is 4.63. The SMILES string of the molecule is CCn1nc(C)c([N+](=O)[O-])c1N1CCN[C@@H](C)C1. The molecule has 1 saturated heterocycles. The van der Waals surface area contributed by atoms with E-state index in [4.69, 9.17) is 0 Å². The molecule has 1 aliphatic rings. The van der Waals surface area contributed by atoms with Crippen LogP contribution in [0.3, 0.4) is 0 Å². The van der Waals surface area contributed by atoms with E-state index in [1.54, 1.807) is 11.6 Å². The van der Waals surface area contributed by atoms with Crippen LogP contribution >= 0.6 is 0 Å². The molecule has 0 unspecified atom stereocenters. The molecule has 1 N–H and O–H groups in total. The van der Waals surface area contributed by atoms with Gasteiger partial charge >= 0.3 is 5.69 Å². The molecule has 0 aliphatic carbocycles. The van der Waals surface area contributed by atoms with Crippen LogP contribution in [-0.4, -0.2) is 40.4 Å². The average Bonchev–Trinajstić information content (AvgIpc) is 2.66. The summed E-state index contributed by atoms with van der Waals surface area (Å²) in [6.07, 6.45) is 0. The third kappa shape index (κ3) is 2.17. The summed E-state index contributed by atoms with van der Waals surface area (Å²) < 4.78 is 1.73. The van der Waals surface area contributed by atoms with E-state index in [9.17, 15) is 10.1 Å². The fraction of sp³-hybridized carbons (Fsp3) is 0.727. The molecule has 7 nitrogen and oxygen atoms in total. The van der Waals surface area contributed by atoms with Gasteiger partial charge in [-0.3, -0.25) is 10.1 Å². The molecule has 18 heavy (non-hydrogen) atoms. The molecule has 0 aromatic carbocycles. The number of nitro groups is 1. The number of anilines is 1. The van der Waals surface area contributed by atoms with Crippen molar-refractivity contribution >= 4 is 11.5 Å². The molecule has 0 spiro atoms. The van der Waals surface area contributed by atoms with Gasteiger partial charge in [0.05, 0.1) is 4.92 Å².